The molecule has 0 saturated heterocycles. The number of ether oxygens (including phenoxy) is 2. The van der Waals surface area contributed by atoms with Crippen molar-refractivity contribution in [1.82, 2.24) is 9.21 Å². The number of fused-ring (bicyclic) bond motifs is 1. The zero-order chi connectivity index (χ0) is 18.4. The lowest BCUT2D eigenvalue weighted by Crippen LogP contribution is -2.38. The van der Waals surface area contributed by atoms with Crippen LogP contribution < -0.4 is 14.8 Å². The first-order valence-corrected chi connectivity index (χ1v) is 9.90. The van der Waals surface area contributed by atoms with Gasteiger partial charge in [0.05, 0.1) is 12.8 Å². The van der Waals surface area contributed by atoms with Gasteiger partial charge < -0.3 is 19.7 Å². The van der Waals surface area contributed by atoms with Crippen LogP contribution in [0, 0.1) is 0 Å². The van der Waals surface area contributed by atoms with Crippen LogP contribution in [0.1, 0.15) is 6.42 Å². The molecule has 9 heteroatoms. The topological polar surface area (TPSA) is 88.2 Å². The molecule has 0 radical (unpaired) electrons. The van der Waals surface area contributed by atoms with Gasteiger partial charge >= 0.3 is 0 Å². The van der Waals surface area contributed by atoms with E-state index in [4.69, 9.17) is 9.47 Å². The first-order chi connectivity index (χ1) is 11.8. The standard InChI is InChI=1S/C16H25N3O5S/c1-18(2)7-4-8-19(25(3,21)22)12-16(20)17-13-5-6-14-15(11-13)24-10-9-23-14/h5-6,11H,4,7-10,12H2,1-3H3,(H,17,20). The molecule has 140 valence electrons. The highest BCUT2D eigenvalue weighted by molar-refractivity contribution is 7.88. The van der Waals surface area contributed by atoms with E-state index in [2.05, 4.69) is 5.32 Å². The number of hydrogen-bond donors (Lipinski definition) is 1. The summed E-state index contributed by atoms with van der Waals surface area (Å²) in [5, 5.41) is 2.70. The van der Waals surface area contributed by atoms with E-state index in [-0.39, 0.29) is 6.54 Å². The lowest BCUT2D eigenvalue weighted by atomic mass is 10.2. The molecule has 1 aromatic carbocycles. The van der Waals surface area contributed by atoms with Gasteiger partial charge in [0, 0.05) is 18.3 Å². The van der Waals surface area contributed by atoms with Crippen molar-refractivity contribution >= 4 is 21.6 Å². The van der Waals surface area contributed by atoms with Crippen LogP contribution in [-0.2, 0) is 14.8 Å². The molecule has 1 aliphatic heterocycles. The summed E-state index contributed by atoms with van der Waals surface area (Å²) in [6, 6.07) is 5.08. The molecule has 1 aromatic rings. The number of carbonyl (C=O) groups excluding carboxylic acids is 1. The van der Waals surface area contributed by atoms with Crippen LogP contribution in [-0.4, -0.2) is 76.7 Å². The van der Waals surface area contributed by atoms with Gasteiger partial charge in [-0.25, -0.2) is 8.42 Å². The van der Waals surface area contributed by atoms with Crippen molar-refractivity contribution < 1.29 is 22.7 Å². The molecule has 0 atom stereocenters. The lowest BCUT2D eigenvalue weighted by molar-refractivity contribution is -0.116. The highest BCUT2D eigenvalue weighted by atomic mass is 32.2. The van der Waals surface area contributed by atoms with E-state index < -0.39 is 15.9 Å². The van der Waals surface area contributed by atoms with Gasteiger partial charge in [-0.1, -0.05) is 0 Å². The van der Waals surface area contributed by atoms with Gasteiger partial charge in [-0.05, 0) is 39.2 Å². The van der Waals surface area contributed by atoms with Gasteiger partial charge in [-0.2, -0.15) is 4.31 Å². The molecule has 0 bridgehead atoms. The fourth-order valence-electron chi connectivity index (χ4n) is 2.41. The fourth-order valence-corrected chi connectivity index (χ4v) is 3.22. The predicted octanol–water partition coefficient (Wildman–Crippen LogP) is 0.610. The van der Waals surface area contributed by atoms with E-state index in [0.717, 1.165) is 12.8 Å². The van der Waals surface area contributed by atoms with Gasteiger partial charge in [-0.3, -0.25) is 4.79 Å². The first kappa shape index (κ1) is 19.5. The SMILES string of the molecule is CN(C)CCCN(CC(=O)Nc1ccc2c(c1)OCCO2)S(C)(=O)=O. The molecule has 1 aliphatic rings. The second kappa shape index (κ2) is 8.50. The molecule has 25 heavy (non-hydrogen) atoms. The number of rotatable bonds is 8. The zero-order valence-corrected chi connectivity index (χ0v) is 15.6. The van der Waals surface area contributed by atoms with Crippen LogP contribution in [0.15, 0.2) is 18.2 Å². The highest BCUT2D eigenvalue weighted by Crippen LogP contribution is 2.32. The number of benzene rings is 1. The van der Waals surface area contributed by atoms with Crippen molar-refractivity contribution in [2.24, 2.45) is 0 Å². The summed E-state index contributed by atoms with van der Waals surface area (Å²) in [4.78, 5) is 14.2. The largest absolute Gasteiger partial charge is 0.486 e. The normalized spacial score (nSPS) is 14.0. The maximum atomic E-state index is 12.2. The Kier molecular flexibility index (Phi) is 6.63. The van der Waals surface area contributed by atoms with E-state index in [1.165, 1.54) is 4.31 Å². The quantitative estimate of drug-likeness (QED) is 0.720. The minimum absolute atomic E-state index is 0.222. The lowest BCUT2D eigenvalue weighted by Gasteiger charge is -2.21. The molecule has 1 amide bonds. The molecular formula is C16H25N3O5S. The summed E-state index contributed by atoms with van der Waals surface area (Å²) in [7, 11) is 0.377. The number of anilines is 1. The van der Waals surface area contributed by atoms with Gasteiger partial charge in [-0.15, -0.1) is 0 Å². The second-order valence-electron chi connectivity index (χ2n) is 6.16. The number of carbonyl (C=O) groups is 1. The number of hydrogen-bond acceptors (Lipinski definition) is 6. The molecule has 0 spiro atoms. The van der Waals surface area contributed by atoms with E-state index in [1.54, 1.807) is 18.2 Å². The van der Waals surface area contributed by atoms with Crippen molar-refractivity contribution in [3.63, 3.8) is 0 Å². The molecule has 2 rings (SSSR count). The molecule has 1 N–H and O–H groups in total. The zero-order valence-electron chi connectivity index (χ0n) is 14.8. The first-order valence-electron chi connectivity index (χ1n) is 8.05. The number of nitrogens with zero attached hydrogens (tertiary/aromatic N) is 2. The Morgan fingerprint density at radius 2 is 1.84 bits per heavy atom. The third-order valence-electron chi connectivity index (χ3n) is 3.63. The Hall–Kier alpha value is -1.84. The second-order valence-corrected chi connectivity index (χ2v) is 8.14. The molecule has 0 aromatic heterocycles. The van der Waals surface area contributed by atoms with E-state index in [0.29, 0.717) is 43.4 Å². The van der Waals surface area contributed by atoms with Crippen molar-refractivity contribution in [2.75, 3.05) is 58.5 Å². The van der Waals surface area contributed by atoms with Gasteiger partial charge in [0.25, 0.3) is 0 Å². The van der Waals surface area contributed by atoms with Crippen LogP contribution in [0.3, 0.4) is 0 Å². The Morgan fingerprint density at radius 3 is 2.48 bits per heavy atom. The Bertz CT molecular complexity index is 706. The average molecular weight is 371 g/mol. The van der Waals surface area contributed by atoms with Crippen LogP contribution in [0.25, 0.3) is 0 Å². The summed E-state index contributed by atoms with van der Waals surface area (Å²) in [6.45, 7) is 1.77. The van der Waals surface area contributed by atoms with E-state index in [9.17, 15) is 13.2 Å². The van der Waals surface area contributed by atoms with Crippen molar-refractivity contribution in [3.05, 3.63) is 18.2 Å². The summed E-state index contributed by atoms with van der Waals surface area (Å²) >= 11 is 0. The fraction of sp³-hybridized carbons (Fsp3) is 0.562. The van der Waals surface area contributed by atoms with E-state index >= 15 is 0 Å². The molecule has 0 fully saturated rings. The highest BCUT2D eigenvalue weighted by Gasteiger charge is 2.20. The molecular weight excluding hydrogens is 346 g/mol. The van der Waals surface area contributed by atoms with E-state index in [1.807, 2.05) is 19.0 Å². The van der Waals surface area contributed by atoms with Crippen LogP contribution in [0.2, 0.25) is 0 Å². The van der Waals surface area contributed by atoms with Crippen molar-refractivity contribution in [1.29, 1.82) is 0 Å². The Balaban J connectivity index is 1.96. The minimum atomic E-state index is -3.46. The minimum Gasteiger partial charge on any atom is -0.486 e. The third-order valence-corrected chi connectivity index (χ3v) is 4.88. The van der Waals surface area contributed by atoms with Crippen molar-refractivity contribution in [2.45, 2.75) is 6.42 Å². The van der Waals surface area contributed by atoms with Gasteiger partial charge in [0.2, 0.25) is 15.9 Å². The number of amides is 1. The van der Waals surface area contributed by atoms with Gasteiger partial charge in [0.15, 0.2) is 11.5 Å². The maximum absolute atomic E-state index is 12.2. The van der Waals surface area contributed by atoms with Crippen LogP contribution in [0.4, 0.5) is 5.69 Å². The maximum Gasteiger partial charge on any atom is 0.239 e. The molecule has 0 saturated carbocycles. The number of sulfonamides is 1. The van der Waals surface area contributed by atoms with Gasteiger partial charge in [0.1, 0.15) is 13.2 Å². The van der Waals surface area contributed by atoms with Crippen molar-refractivity contribution in [3.8, 4) is 11.5 Å². The average Bonchev–Trinajstić information content (AvgIpc) is 2.52. The van der Waals surface area contributed by atoms with Crippen LogP contribution in [0.5, 0.6) is 11.5 Å². The summed E-state index contributed by atoms with van der Waals surface area (Å²) in [5.74, 6) is 0.799. The Labute approximate surface area is 148 Å². The molecule has 0 unspecified atom stereocenters. The summed E-state index contributed by atoms with van der Waals surface area (Å²) in [6.07, 6.45) is 1.76. The smallest absolute Gasteiger partial charge is 0.239 e. The molecule has 8 nitrogen and oxygen atoms in total. The predicted molar refractivity (Wildman–Crippen MR) is 95.6 cm³/mol. The molecule has 1 heterocycles. The summed E-state index contributed by atoms with van der Waals surface area (Å²) in [5.41, 5.74) is 0.538. The summed E-state index contributed by atoms with van der Waals surface area (Å²) < 4.78 is 35.8. The monoisotopic (exact) mass is 371 g/mol. The third kappa shape index (κ3) is 6.18. The Morgan fingerprint density at radius 1 is 1.16 bits per heavy atom. The van der Waals surface area contributed by atoms with Crippen LogP contribution >= 0.6 is 0 Å². The number of nitrogens with one attached hydrogen (secondary N) is 1. The molecule has 0 aliphatic carbocycles.